The van der Waals surface area contributed by atoms with Gasteiger partial charge in [-0.2, -0.15) is 4.31 Å². The lowest BCUT2D eigenvalue weighted by atomic mass is 9.86. The van der Waals surface area contributed by atoms with Gasteiger partial charge in [0, 0.05) is 17.6 Å². The highest BCUT2D eigenvalue weighted by Gasteiger charge is 2.28. The maximum absolute atomic E-state index is 12.9. The molecule has 1 aliphatic carbocycles. The van der Waals surface area contributed by atoms with Crippen molar-refractivity contribution in [2.75, 3.05) is 13.1 Å². The van der Waals surface area contributed by atoms with Gasteiger partial charge in [-0.3, -0.25) is 4.79 Å². The summed E-state index contributed by atoms with van der Waals surface area (Å²) in [6, 6.07) is 6.29. The highest BCUT2D eigenvalue weighted by Crippen LogP contribution is 2.24. The van der Waals surface area contributed by atoms with Gasteiger partial charge in [-0.1, -0.05) is 44.4 Å². The van der Waals surface area contributed by atoms with E-state index in [2.05, 4.69) is 12.2 Å². The number of benzene rings is 1. The van der Waals surface area contributed by atoms with Crippen LogP contribution in [0.4, 0.5) is 0 Å². The molecule has 0 spiro atoms. The Kier molecular flexibility index (Phi) is 7.28. The van der Waals surface area contributed by atoms with Crippen molar-refractivity contribution in [1.82, 2.24) is 9.62 Å². The monoisotopic (exact) mass is 386 g/mol. The first-order valence-corrected chi connectivity index (χ1v) is 10.7. The average molecular weight is 387 g/mol. The summed E-state index contributed by atoms with van der Waals surface area (Å²) in [5, 5.41) is 3.38. The minimum atomic E-state index is -3.75. The summed E-state index contributed by atoms with van der Waals surface area (Å²) in [5.74, 6) is 0.194. The summed E-state index contributed by atoms with van der Waals surface area (Å²) < 4.78 is 26.9. The van der Waals surface area contributed by atoms with Crippen molar-refractivity contribution >= 4 is 27.5 Å². The summed E-state index contributed by atoms with van der Waals surface area (Å²) in [6.45, 7) is 4.16. The maximum atomic E-state index is 12.9. The van der Waals surface area contributed by atoms with E-state index in [9.17, 15) is 13.2 Å². The first-order chi connectivity index (χ1) is 11.8. The average Bonchev–Trinajstić information content (AvgIpc) is 2.56. The molecular weight excluding hydrogens is 360 g/mol. The fourth-order valence-corrected chi connectivity index (χ4v) is 5.04. The number of rotatable bonds is 7. The summed E-state index contributed by atoms with van der Waals surface area (Å²) in [4.78, 5) is 12.6. The minimum absolute atomic E-state index is 0.118. The molecule has 1 aromatic carbocycles. The predicted molar refractivity (Wildman–Crippen MR) is 100 cm³/mol. The normalized spacial score (nSPS) is 21.3. The standard InChI is InChI=1S/C18H27ClN2O3S/c1-3-11-21(25(23,24)16-9-6-8-15(19)12-16)13-18(22)20-17-10-5-4-7-14(17)2/h6,8-9,12,14,17H,3-5,7,10-11,13H2,1-2H3,(H,20,22). The van der Waals surface area contributed by atoms with Crippen molar-refractivity contribution < 1.29 is 13.2 Å². The van der Waals surface area contributed by atoms with Crippen molar-refractivity contribution in [1.29, 1.82) is 0 Å². The lowest BCUT2D eigenvalue weighted by molar-refractivity contribution is -0.122. The molecule has 0 bridgehead atoms. The molecule has 1 fully saturated rings. The fourth-order valence-electron chi connectivity index (χ4n) is 3.25. The van der Waals surface area contributed by atoms with Crippen LogP contribution in [0.1, 0.15) is 46.0 Å². The Morgan fingerprint density at radius 3 is 2.68 bits per heavy atom. The molecule has 0 heterocycles. The third-order valence-electron chi connectivity index (χ3n) is 4.68. The summed E-state index contributed by atoms with van der Waals surface area (Å²) in [6.07, 6.45) is 4.99. The van der Waals surface area contributed by atoms with Crippen LogP contribution in [0.25, 0.3) is 0 Å². The molecular formula is C18H27ClN2O3S. The zero-order valence-corrected chi connectivity index (χ0v) is 16.4. The molecule has 1 aliphatic rings. The van der Waals surface area contributed by atoms with Crippen molar-refractivity contribution in [3.63, 3.8) is 0 Å². The molecule has 140 valence electrons. The zero-order chi connectivity index (χ0) is 18.4. The second kappa shape index (κ2) is 9.01. The number of sulfonamides is 1. The number of hydrogen-bond acceptors (Lipinski definition) is 3. The van der Waals surface area contributed by atoms with E-state index in [0.717, 1.165) is 19.3 Å². The van der Waals surface area contributed by atoms with Crippen LogP contribution in [0.2, 0.25) is 5.02 Å². The Morgan fingerprint density at radius 2 is 2.04 bits per heavy atom. The Hall–Kier alpha value is -1.11. The van der Waals surface area contributed by atoms with E-state index in [4.69, 9.17) is 11.6 Å². The van der Waals surface area contributed by atoms with Gasteiger partial charge < -0.3 is 5.32 Å². The highest BCUT2D eigenvalue weighted by molar-refractivity contribution is 7.89. The lowest BCUT2D eigenvalue weighted by Gasteiger charge is -2.30. The summed E-state index contributed by atoms with van der Waals surface area (Å²) in [7, 11) is -3.75. The number of nitrogens with zero attached hydrogens (tertiary/aromatic N) is 1. The van der Waals surface area contributed by atoms with Gasteiger partial charge in [0.05, 0.1) is 11.4 Å². The Balaban J connectivity index is 2.10. The number of carbonyl (C=O) groups is 1. The van der Waals surface area contributed by atoms with E-state index in [1.165, 1.54) is 22.9 Å². The Labute approximate surface area is 155 Å². The smallest absolute Gasteiger partial charge is 0.243 e. The number of nitrogens with one attached hydrogen (secondary N) is 1. The highest BCUT2D eigenvalue weighted by atomic mass is 35.5. The Morgan fingerprint density at radius 1 is 1.32 bits per heavy atom. The van der Waals surface area contributed by atoms with E-state index in [0.29, 0.717) is 23.9 Å². The van der Waals surface area contributed by atoms with E-state index in [1.54, 1.807) is 12.1 Å². The topological polar surface area (TPSA) is 66.5 Å². The second-order valence-electron chi connectivity index (χ2n) is 6.73. The van der Waals surface area contributed by atoms with E-state index >= 15 is 0 Å². The lowest BCUT2D eigenvalue weighted by Crippen LogP contribution is -2.47. The molecule has 1 saturated carbocycles. The van der Waals surface area contributed by atoms with Gasteiger partial charge in [-0.05, 0) is 43.4 Å². The van der Waals surface area contributed by atoms with Gasteiger partial charge in [0.15, 0.2) is 0 Å². The van der Waals surface area contributed by atoms with Crippen LogP contribution >= 0.6 is 11.6 Å². The maximum Gasteiger partial charge on any atom is 0.243 e. The quantitative estimate of drug-likeness (QED) is 0.780. The van der Waals surface area contributed by atoms with Crippen LogP contribution in [-0.2, 0) is 14.8 Å². The SMILES string of the molecule is CCCN(CC(=O)NC1CCCCC1C)S(=O)(=O)c1cccc(Cl)c1. The van der Waals surface area contributed by atoms with Crippen LogP contribution in [-0.4, -0.2) is 37.8 Å². The van der Waals surface area contributed by atoms with E-state index < -0.39 is 10.0 Å². The van der Waals surface area contributed by atoms with Crippen molar-refractivity contribution in [3.05, 3.63) is 29.3 Å². The van der Waals surface area contributed by atoms with Crippen molar-refractivity contribution in [2.24, 2.45) is 5.92 Å². The molecule has 2 unspecified atom stereocenters. The second-order valence-corrected chi connectivity index (χ2v) is 9.11. The number of halogens is 1. The largest absolute Gasteiger partial charge is 0.352 e. The van der Waals surface area contributed by atoms with Gasteiger partial charge in [-0.25, -0.2) is 8.42 Å². The number of amides is 1. The van der Waals surface area contributed by atoms with Gasteiger partial charge in [0.1, 0.15) is 0 Å². The van der Waals surface area contributed by atoms with Gasteiger partial charge >= 0.3 is 0 Å². The molecule has 0 aromatic heterocycles. The number of hydrogen-bond donors (Lipinski definition) is 1. The predicted octanol–water partition coefficient (Wildman–Crippen LogP) is 3.44. The molecule has 2 rings (SSSR count). The molecule has 0 aliphatic heterocycles. The number of carbonyl (C=O) groups excluding carboxylic acids is 1. The van der Waals surface area contributed by atoms with Crippen molar-refractivity contribution in [2.45, 2.75) is 56.9 Å². The van der Waals surface area contributed by atoms with Gasteiger partial charge in [0.2, 0.25) is 15.9 Å². The third-order valence-corrected chi connectivity index (χ3v) is 6.76. The van der Waals surface area contributed by atoms with Gasteiger partial charge in [-0.15, -0.1) is 0 Å². The molecule has 7 heteroatoms. The van der Waals surface area contributed by atoms with Crippen LogP contribution < -0.4 is 5.32 Å². The first kappa shape index (κ1) is 20.2. The minimum Gasteiger partial charge on any atom is -0.352 e. The molecule has 25 heavy (non-hydrogen) atoms. The first-order valence-electron chi connectivity index (χ1n) is 8.89. The van der Waals surface area contributed by atoms with E-state index in [-0.39, 0.29) is 23.4 Å². The summed E-state index contributed by atoms with van der Waals surface area (Å²) in [5.41, 5.74) is 0. The molecule has 0 saturated heterocycles. The van der Waals surface area contributed by atoms with E-state index in [1.807, 2.05) is 6.92 Å². The third kappa shape index (κ3) is 5.43. The molecule has 1 aromatic rings. The zero-order valence-electron chi connectivity index (χ0n) is 14.9. The van der Waals surface area contributed by atoms with Crippen LogP contribution in [0.15, 0.2) is 29.2 Å². The van der Waals surface area contributed by atoms with Crippen LogP contribution in [0.5, 0.6) is 0 Å². The van der Waals surface area contributed by atoms with Crippen molar-refractivity contribution in [3.8, 4) is 0 Å². The molecule has 0 radical (unpaired) electrons. The molecule has 1 amide bonds. The van der Waals surface area contributed by atoms with Crippen LogP contribution in [0, 0.1) is 5.92 Å². The molecule has 1 N–H and O–H groups in total. The molecule has 5 nitrogen and oxygen atoms in total. The van der Waals surface area contributed by atoms with Gasteiger partial charge in [0.25, 0.3) is 0 Å². The fraction of sp³-hybridized carbons (Fsp3) is 0.611. The Bertz CT molecular complexity index is 693. The summed E-state index contributed by atoms with van der Waals surface area (Å²) >= 11 is 5.92. The van der Waals surface area contributed by atoms with Crippen LogP contribution in [0.3, 0.4) is 0 Å². The molecule has 2 atom stereocenters.